The van der Waals surface area contributed by atoms with E-state index in [1.807, 2.05) is 0 Å². The Kier molecular flexibility index (Phi) is 34.7. The number of carbonyl (C=O) groups is 3. The minimum Gasteiger partial charge on any atom is -0.748 e. The molecule has 0 heterocycles. The molecular weight excluding hydrogens is 643 g/mol. The maximum atomic E-state index is 10.7. The van der Waals surface area contributed by atoms with Gasteiger partial charge in [0.25, 0.3) is 10.1 Å². The Labute approximate surface area is 314 Å². The van der Waals surface area contributed by atoms with E-state index in [1.54, 1.807) is 0 Å². The first kappa shape index (κ1) is 49.3. The van der Waals surface area contributed by atoms with Crippen LogP contribution >= 0.6 is 0 Å². The van der Waals surface area contributed by atoms with Crippen LogP contribution in [0.25, 0.3) is 0 Å². The first-order valence-corrected chi connectivity index (χ1v) is 14.7. The predicted octanol–water partition coefficient (Wildman–Crippen LogP) is -6.31. The van der Waals surface area contributed by atoms with E-state index in [0.717, 1.165) is 12.2 Å². The van der Waals surface area contributed by atoms with Crippen LogP contribution < -0.4 is 103 Å². The zero-order valence-corrected chi connectivity index (χ0v) is 30.7. The van der Waals surface area contributed by atoms with Gasteiger partial charge in [-0.2, -0.15) is 8.42 Å². The molecule has 0 amide bonds. The first-order chi connectivity index (χ1) is 16.7. The van der Waals surface area contributed by atoms with E-state index < -0.39 is 65.5 Å². The topological polar surface area (TPSA) is 248 Å². The van der Waals surface area contributed by atoms with Gasteiger partial charge in [0.2, 0.25) is 0 Å². The van der Waals surface area contributed by atoms with Crippen LogP contribution in [0.3, 0.4) is 0 Å². The third kappa shape index (κ3) is 48.7. The maximum absolute atomic E-state index is 10.7. The van der Waals surface area contributed by atoms with Crippen molar-refractivity contribution in [2.45, 2.75) is 26.2 Å². The monoisotopic (exact) mass is 672 g/mol. The van der Waals surface area contributed by atoms with E-state index >= 15 is 0 Å². The molecule has 0 aromatic carbocycles. The smallest absolute Gasteiger partial charge is 0.748 e. The molecule has 0 atom stereocenters. The number of hydrogen-bond acceptors (Lipinski definition) is 14. The Hall–Kier alpha value is 0.633. The summed E-state index contributed by atoms with van der Waals surface area (Å²) in [6.07, 6.45) is 2.05. The molecule has 0 fully saturated rings. The van der Waals surface area contributed by atoms with Crippen molar-refractivity contribution in [3.8, 4) is 0 Å². The Bertz CT molecular complexity index is 1030. The molecule has 20 heteroatoms. The summed E-state index contributed by atoms with van der Waals surface area (Å²) in [6, 6.07) is 0. The van der Waals surface area contributed by atoms with E-state index in [0.29, 0.717) is 0 Å². The van der Waals surface area contributed by atoms with Gasteiger partial charge in [0.15, 0.2) is 0 Å². The molecule has 0 aliphatic heterocycles. The summed E-state index contributed by atoms with van der Waals surface area (Å²) in [5.74, 6) is -3.25. The molecule has 0 spiro atoms. The fourth-order valence-electron chi connectivity index (χ4n) is 1.46. The maximum Gasteiger partial charge on any atom is 1.00 e. The third-order valence-electron chi connectivity index (χ3n) is 3.03. The molecule has 0 saturated heterocycles. The fraction of sp³-hybridized carbons (Fsp3) is 0.526. The second kappa shape index (κ2) is 27.5. The zero-order chi connectivity index (χ0) is 29.7. The number of ether oxygens (including phenoxy) is 3. The molecule has 39 heavy (non-hydrogen) atoms. The van der Waals surface area contributed by atoms with Gasteiger partial charge < -0.3 is 23.3 Å². The molecule has 15 nitrogen and oxygen atoms in total. The molecular formula is C19H30K2O15S3. The molecule has 1 N–H and O–H groups in total. The summed E-state index contributed by atoms with van der Waals surface area (Å²) in [7, 11) is -12.3. The number of rotatable bonds is 15. The van der Waals surface area contributed by atoms with Crippen molar-refractivity contribution in [1.82, 2.24) is 0 Å². The van der Waals surface area contributed by atoms with Gasteiger partial charge in [0, 0.05) is 29.2 Å². The standard InChI is InChI=1S/C7H12O5S.2C6H10O5S.2K/c1-6(2)7(8)12-4-3-5-13(9,10)11;2*1-2-6(7)11-4-3-5-12(8,9)10;;/h1,3-5H2,2H3,(H,9,10,11);2*2H,1,3-5H2,(H,8,9,10);;/q;;;2*+1/p-2. The first-order valence-electron chi connectivity index (χ1n) is 9.97. The summed E-state index contributed by atoms with van der Waals surface area (Å²) in [4.78, 5) is 31.5. The van der Waals surface area contributed by atoms with Crippen molar-refractivity contribution in [1.29, 1.82) is 0 Å². The predicted molar refractivity (Wildman–Crippen MR) is 127 cm³/mol. The molecule has 0 bridgehead atoms. The second-order valence-corrected chi connectivity index (χ2v) is 11.1. The van der Waals surface area contributed by atoms with Gasteiger partial charge >= 0.3 is 121 Å². The largest absolute Gasteiger partial charge is 1.00 e. The minimum atomic E-state index is -4.20. The summed E-state index contributed by atoms with van der Waals surface area (Å²) < 4.78 is 102. The Balaban J connectivity index is -0.000000145. The molecule has 216 valence electrons. The van der Waals surface area contributed by atoms with Crippen molar-refractivity contribution in [3.05, 3.63) is 37.5 Å². The molecule has 0 aromatic heterocycles. The van der Waals surface area contributed by atoms with Gasteiger partial charge in [-0.25, -0.2) is 31.2 Å². The van der Waals surface area contributed by atoms with E-state index in [-0.39, 0.29) is 147 Å². The minimum absolute atomic E-state index is 0. The van der Waals surface area contributed by atoms with Crippen LogP contribution in [-0.2, 0) is 58.9 Å². The van der Waals surface area contributed by atoms with Crippen LogP contribution in [0.15, 0.2) is 37.5 Å². The molecule has 0 saturated carbocycles. The van der Waals surface area contributed by atoms with Crippen molar-refractivity contribution in [2.75, 3.05) is 37.1 Å². The van der Waals surface area contributed by atoms with Gasteiger partial charge in [-0.3, -0.25) is 4.55 Å². The average Bonchev–Trinajstić information content (AvgIpc) is 2.75. The Morgan fingerprint density at radius 1 is 0.718 bits per heavy atom. The molecule has 0 aliphatic carbocycles. The molecule has 0 aliphatic rings. The van der Waals surface area contributed by atoms with E-state index in [4.69, 9.17) is 4.55 Å². The summed E-state index contributed by atoms with van der Waals surface area (Å²) in [5, 5.41) is 0. The Morgan fingerprint density at radius 2 is 1.03 bits per heavy atom. The van der Waals surface area contributed by atoms with Crippen LogP contribution in [0.2, 0.25) is 0 Å². The van der Waals surface area contributed by atoms with Crippen LogP contribution in [0, 0.1) is 0 Å². The van der Waals surface area contributed by atoms with E-state index in [9.17, 15) is 48.7 Å². The zero-order valence-electron chi connectivity index (χ0n) is 22.0. The van der Waals surface area contributed by atoms with Crippen molar-refractivity contribution in [3.63, 3.8) is 0 Å². The number of carbonyl (C=O) groups excluding carboxylic acids is 3. The van der Waals surface area contributed by atoms with Crippen LogP contribution in [-0.4, -0.2) is 93.9 Å². The fourth-order valence-corrected chi connectivity index (χ4v) is 2.89. The molecule has 0 rings (SSSR count). The molecule has 0 radical (unpaired) electrons. The summed E-state index contributed by atoms with van der Waals surface area (Å²) >= 11 is 0. The van der Waals surface area contributed by atoms with Crippen LogP contribution in [0.5, 0.6) is 0 Å². The van der Waals surface area contributed by atoms with E-state index in [2.05, 4.69) is 33.9 Å². The normalized spacial score (nSPS) is 10.3. The van der Waals surface area contributed by atoms with E-state index in [1.165, 1.54) is 6.92 Å². The number of hydrogen-bond donors (Lipinski definition) is 1. The van der Waals surface area contributed by atoms with Crippen LogP contribution in [0.1, 0.15) is 26.2 Å². The SMILES string of the molecule is C=C(C)C(=O)OCCCS(=O)(=O)O.C=CC(=O)OCCCS(=O)(=O)[O-].C=CC(=O)OCCCS(=O)(=O)[O-].[K+].[K+]. The van der Waals surface area contributed by atoms with Gasteiger partial charge in [0.05, 0.1) is 45.8 Å². The van der Waals surface area contributed by atoms with Crippen LogP contribution in [0.4, 0.5) is 0 Å². The van der Waals surface area contributed by atoms with Crippen molar-refractivity contribution in [2.24, 2.45) is 0 Å². The number of esters is 3. The molecule has 0 unspecified atom stereocenters. The van der Waals surface area contributed by atoms with Crippen molar-refractivity contribution < 1.29 is 170 Å². The third-order valence-corrected chi connectivity index (χ3v) is 5.41. The van der Waals surface area contributed by atoms with Gasteiger partial charge in [-0.05, 0) is 26.2 Å². The summed E-state index contributed by atoms with van der Waals surface area (Å²) in [5.41, 5.74) is 0.256. The quantitative estimate of drug-likeness (QED) is 0.0424. The van der Waals surface area contributed by atoms with Crippen molar-refractivity contribution >= 4 is 48.3 Å². The average molecular weight is 673 g/mol. The van der Waals surface area contributed by atoms with Gasteiger partial charge in [-0.15, -0.1) is 0 Å². The Morgan fingerprint density at radius 3 is 1.28 bits per heavy atom. The van der Waals surface area contributed by atoms with Gasteiger partial charge in [-0.1, -0.05) is 19.7 Å². The second-order valence-electron chi connectivity index (χ2n) is 6.53. The summed E-state index contributed by atoms with van der Waals surface area (Å²) in [6.45, 7) is 10.9. The molecule has 0 aromatic rings. The van der Waals surface area contributed by atoms with Gasteiger partial charge in [0.1, 0.15) is 0 Å².